The maximum absolute atomic E-state index is 11.2. The molecular weight excluding hydrogens is 211 g/mol. The SMILES string of the molecule is CCO[P+](=O)CCCc1ccccc1O. The van der Waals surface area contributed by atoms with Gasteiger partial charge in [-0.1, -0.05) is 18.2 Å². The zero-order valence-corrected chi connectivity index (χ0v) is 9.74. The lowest BCUT2D eigenvalue weighted by Gasteiger charge is -2.00. The van der Waals surface area contributed by atoms with Gasteiger partial charge >= 0.3 is 8.03 Å². The Morgan fingerprint density at radius 1 is 1.40 bits per heavy atom. The molecule has 0 radical (unpaired) electrons. The van der Waals surface area contributed by atoms with E-state index in [2.05, 4.69) is 0 Å². The highest BCUT2D eigenvalue weighted by molar-refractivity contribution is 7.39. The zero-order chi connectivity index (χ0) is 11.1. The summed E-state index contributed by atoms with van der Waals surface area (Å²) in [5, 5.41) is 9.48. The summed E-state index contributed by atoms with van der Waals surface area (Å²) >= 11 is 0. The molecule has 0 aliphatic heterocycles. The molecule has 0 heterocycles. The van der Waals surface area contributed by atoms with Crippen LogP contribution >= 0.6 is 8.03 Å². The van der Waals surface area contributed by atoms with Crippen LogP contribution < -0.4 is 0 Å². The molecule has 1 aromatic rings. The van der Waals surface area contributed by atoms with E-state index < -0.39 is 8.03 Å². The Morgan fingerprint density at radius 3 is 2.80 bits per heavy atom. The molecule has 1 unspecified atom stereocenters. The number of para-hydroxylation sites is 1. The van der Waals surface area contributed by atoms with E-state index in [1.54, 1.807) is 12.1 Å². The maximum atomic E-state index is 11.2. The molecule has 0 aliphatic rings. The second-order valence-electron chi connectivity index (χ2n) is 3.21. The summed E-state index contributed by atoms with van der Waals surface area (Å²) in [6, 6.07) is 7.22. The van der Waals surface area contributed by atoms with Gasteiger partial charge in [-0.3, -0.25) is 0 Å². The molecule has 0 saturated heterocycles. The summed E-state index contributed by atoms with van der Waals surface area (Å²) in [5.74, 6) is 0.309. The molecule has 0 spiro atoms. The van der Waals surface area contributed by atoms with E-state index in [0.29, 0.717) is 18.5 Å². The van der Waals surface area contributed by atoms with E-state index >= 15 is 0 Å². The average molecular weight is 227 g/mol. The van der Waals surface area contributed by atoms with Crippen molar-refractivity contribution in [1.82, 2.24) is 0 Å². The van der Waals surface area contributed by atoms with Crippen LogP contribution in [0.15, 0.2) is 24.3 Å². The van der Waals surface area contributed by atoms with Crippen LogP contribution in [0.5, 0.6) is 5.75 Å². The van der Waals surface area contributed by atoms with Crippen molar-refractivity contribution < 1.29 is 14.2 Å². The molecule has 1 aromatic carbocycles. The molecule has 0 aromatic heterocycles. The number of phenolic OH excluding ortho intramolecular Hbond substituents is 1. The second kappa shape index (κ2) is 6.54. The fourth-order valence-electron chi connectivity index (χ4n) is 1.33. The summed E-state index contributed by atoms with van der Waals surface area (Å²) < 4.78 is 16.1. The molecule has 0 amide bonds. The van der Waals surface area contributed by atoms with Gasteiger partial charge in [0.05, 0.1) is 6.61 Å². The maximum Gasteiger partial charge on any atom is 0.508 e. The number of hydrogen-bond donors (Lipinski definition) is 1. The van der Waals surface area contributed by atoms with Crippen LogP contribution in [0.4, 0.5) is 0 Å². The van der Waals surface area contributed by atoms with Crippen molar-refractivity contribution in [3.63, 3.8) is 0 Å². The van der Waals surface area contributed by atoms with Gasteiger partial charge in [0.25, 0.3) is 0 Å². The Morgan fingerprint density at radius 2 is 2.13 bits per heavy atom. The third kappa shape index (κ3) is 4.41. The smallest absolute Gasteiger partial charge is 0.508 e. The Balaban J connectivity index is 2.32. The van der Waals surface area contributed by atoms with Gasteiger partial charge < -0.3 is 5.11 Å². The molecule has 82 valence electrons. The predicted octanol–water partition coefficient (Wildman–Crippen LogP) is 3.10. The third-order valence-corrected chi connectivity index (χ3v) is 3.28. The van der Waals surface area contributed by atoms with Crippen molar-refractivity contribution in [2.24, 2.45) is 0 Å². The van der Waals surface area contributed by atoms with Gasteiger partial charge in [0.2, 0.25) is 0 Å². The summed E-state index contributed by atoms with van der Waals surface area (Å²) in [4.78, 5) is 0. The lowest BCUT2D eigenvalue weighted by molar-refractivity contribution is 0.350. The largest absolute Gasteiger partial charge is 0.508 e. The fraction of sp³-hybridized carbons (Fsp3) is 0.455. The molecule has 0 fully saturated rings. The minimum absolute atomic E-state index is 0.309. The zero-order valence-electron chi connectivity index (χ0n) is 8.85. The van der Waals surface area contributed by atoms with E-state index in [1.807, 2.05) is 19.1 Å². The third-order valence-electron chi connectivity index (χ3n) is 2.05. The van der Waals surface area contributed by atoms with Gasteiger partial charge in [-0.25, -0.2) is 0 Å². The summed E-state index contributed by atoms with van der Waals surface area (Å²) in [6.45, 7) is 2.32. The highest BCUT2D eigenvalue weighted by Crippen LogP contribution is 2.25. The molecule has 0 bridgehead atoms. The first kappa shape index (κ1) is 12.2. The van der Waals surface area contributed by atoms with E-state index in [-0.39, 0.29) is 0 Å². The van der Waals surface area contributed by atoms with E-state index in [9.17, 15) is 9.67 Å². The predicted molar refractivity (Wildman–Crippen MR) is 60.5 cm³/mol. The van der Waals surface area contributed by atoms with E-state index in [1.165, 1.54) is 0 Å². The Kier molecular flexibility index (Phi) is 5.30. The molecule has 3 nitrogen and oxygen atoms in total. The molecule has 1 N–H and O–H groups in total. The number of benzene rings is 1. The highest BCUT2D eigenvalue weighted by Gasteiger charge is 2.15. The standard InChI is InChI=1S/C11H15O3P/c1-2-14-15(13)9-5-7-10-6-3-4-8-11(10)12/h3-4,6,8H,2,5,7,9H2,1H3/p+1. The van der Waals surface area contributed by atoms with Gasteiger partial charge in [-0.15, -0.1) is 4.52 Å². The van der Waals surface area contributed by atoms with Crippen LogP contribution in [0, 0.1) is 0 Å². The summed E-state index contributed by atoms with van der Waals surface area (Å²) in [5.41, 5.74) is 0.900. The Hall–Kier alpha value is -0.920. The number of aryl methyl sites for hydroxylation is 1. The Labute approximate surface area is 91.0 Å². The molecule has 0 aliphatic carbocycles. The molecule has 15 heavy (non-hydrogen) atoms. The number of aromatic hydroxyl groups is 1. The number of rotatable bonds is 6. The van der Waals surface area contributed by atoms with Crippen molar-refractivity contribution in [1.29, 1.82) is 0 Å². The first-order valence-corrected chi connectivity index (χ1v) is 6.44. The van der Waals surface area contributed by atoms with Crippen LogP contribution in [-0.4, -0.2) is 17.9 Å². The van der Waals surface area contributed by atoms with Gasteiger partial charge in [-0.2, -0.15) is 0 Å². The van der Waals surface area contributed by atoms with Gasteiger partial charge in [0.1, 0.15) is 5.75 Å². The highest BCUT2D eigenvalue weighted by atomic mass is 31.1. The van der Waals surface area contributed by atoms with Crippen molar-refractivity contribution >= 4 is 8.03 Å². The van der Waals surface area contributed by atoms with Crippen LogP contribution in [0.2, 0.25) is 0 Å². The monoisotopic (exact) mass is 227 g/mol. The van der Waals surface area contributed by atoms with Gasteiger partial charge in [-0.05, 0) is 36.0 Å². The van der Waals surface area contributed by atoms with Crippen LogP contribution in [0.1, 0.15) is 18.9 Å². The van der Waals surface area contributed by atoms with Crippen LogP contribution in [-0.2, 0) is 15.5 Å². The minimum atomic E-state index is -1.52. The molecule has 1 rings (SSSR count). The van der Waals surface area contributed by atoms with Crippen molar-refractivity contribution in [3.05, 3.63) is 29.8 Å². The van der Waals surface area contributed by atoms with E-state index in [4.69, 9.17) is 4.52 Å². The molecule has 4 heteroatoms. The quantitative estimate of drug-likeness (QED) is 0.759. The second-order valence-corrected chi connectivity index (χ2v) is 4.58. The first-order chi connectivity index (χ1) is 7.24. The van der Waals surface area contributed by atoms with Gasteiger partial charge in [0.15, 0.2) is 6.16 Å². The molecular formula is C11H16O3P+. The average Bonchev–Trinajstić information content (AvgIpc) is 2.21. The minimum Gasteiger partial charge on any atom is -0.508 e. The lowest BCUT2D eigenvalue weighted by atomic mass is 10.1. The Bertz CT molecular complexity index is 325. The van der Waals surface area contributed by atoms with Crippen LogP contribution in [0.3, 0.4) is 0 Å². The van der Waals surface area contributed by atoms with E-state index in [0.717, 1.165) is 18.4 Å². The summed E-state index contributed by atoms with van der Waals surface area (Å²) in [7, 11) is -1.52. The normalized spacial score (nSPS) is 11.4. The van der Waals surface area contributed by atoms with Crippen LogP contribution in [0.25, 0.3) is 0 Å². The van der Waals surface area contributed by atoms with Crippen molar-refractivity contribution in [2.75, 3.05) is 12.8 Å². The number of hydrogen-bond acceptors (Lipinski definition) is 3. The number of phenols is 1. The topological polar surface area (TPSA) is 46.5 Å². The molecule has 0 saturated carbocycles. The van der Waals surface area contributed by atoms with Crippen molar-refractivity contribution in [2.45, 2.75) is 19.8 Å². The van der Waals surface area contributed by atoms with Crippen molar-refractivity contribution in [3.8, 4) is 5.75 Å². The summed E-state index contributed by atoms with van der Waals surface area (Å²) in [6.07, 6.45) is 2.06. The molecule has 1 atom stereocenters. The lowest BCUT2D eigenvalue weighted by Crippen LogP contribution is -1.90. The van der Waals surface area contributed by atoms with Gasteiger partial charge in [0, 0.05) is 0 Å². The fourth-order valence-corrected chi connectivity index (χ4v) is 2.16. The first-order valence-electron chi connectivity index (χ1n) is 5.08.